The third kappa shape index (κ3) is 5.38. The maximum atomic E-state index is 12.3. The lowest BCUT2D eigenvalue weighted by atomic mass is 10.2. The van der Waals surface area contributed by atoms with Crippen molar-refractivity contribution in [1.82, 2.24) is 20.4 Å². The normalized spacial score (nSPS) is 11.4. The molecule has 0 fully saturated rings. The molecule has 7 nitrogen and oxygen atoms in total. The number of carbonyl (C=O) groups is 2. The first-order chi connectivity index (χ1) is 16.0. The zero-order chi connectivity index (χ0) is 23.2. The van der Waals surface area contributed by atoms with Crippen molar-refractivity contribution < 1.29 is 14.0 Å². The van der Waals surface area contributed by atoms with E-state index in [1.165, 1.54) is 6.08 Å². The summed E-state index contributed by atoms with van der Waals surface area (Å²) in [5, 5.41) is 11.3. The van der Waals surface area contributed by atoms with Gasteiger partial charge in [-0.3, -0.25) is 9.59 Å². The van der Waals surface area contributed by atoms with Gasteiger partial charge in [0.15, 0.2) is 5.76 Å². The first kappa shape index (κ1) is 22.1. The molecular weight excluding hydrogens is 416 g/mol. The number of furan rings is 1. The third-order valence-corrected chi connectivity index (χ3v) is 5.08. The first-order valence-corrected chi connectivity index (χ1v) is 10.9. The summed E-state index contributed by atoms with van der Waals surface area (Å²) in [5.74, 6) is 0.251. The highest BCUT2D eigenvalue weighted by Crippen LogP contribution is 2.30. The molecule has 0 aliphatic carbocycles. The number of benzene rings is 2. The van der Waals surface area contributed by atoms with E-state index in [4.69, 9.17) is 9.52 Å². The van der Waals surface area contributed by atoms with Gasteiger partial charge in [-0.25, -0.2) is 4.68 Å². The molecule has 168 valence electrons. The molecule has 2 aromatic carbocycles. The van der Waals surface area contributed by atoms with Crippen LogP contribution >= 0.6 is 0 Å². The number of carbonyl (C=O) groups excluding carboxylic acids is 2. The number of para-hydroxylation sites is 2. The number of nitrogens with zero attached hydrogens (tertiary/aromatic N) is 2. The molecule has 4 aromatic rings. The second kappa shape index (κ2) is 9.99. The van der Waals surface area contributed by atoms with Gasteiger partial charge in [0.2, 0.25) is 11.8 Å². The van der Waals surface area contributed by atoms with Gasteiger partial charge in [0, 0.05) is 42.2 Å². The zero-order valence-corrected chi connectivity index (χ0v) is 18.6. The number of amides is 2. The molecule has 0 bridgehead atoms. The van der Waals surface area contributed by atoms with Crippen molar-refractivity contribution in [3.63, 3.8) is 0 Å². The van der Waals surface area contributed by atoms with E-state index in [1.807, 2.05) is 80.7 Å². The summed E-state index contributed by atoms with van der Waals surface area (Å²) >= 11 is 0. The minimum atomic E-state index is -0.253. The van der Waals surface area contributed by atoms with Crippen molar-refractivity contribution in [1.29, 1.82) is 0 Å². The van der Waals surface area contributed by atoms with Gasteiger partial charge in [-0.05, 0) is 30.3 Å². The SMILES string of the molecule is CC(C)C(=O)NCCNC(=O)C=Cc1cn(-c2ccccc2)nc1-c1cc2ccccc2o1. The summed E-state index contributed by atoms with van der Waals surface area (Å²) in [6.45, 7) is 4.38. The van der Waals surface area contributed by atoms with Crippen LogP contribution in [-0.4, -0.2) is 34.7 Å². The molecular formula is C26H26N4O3. The smallest absolute Gasteiger partial charge is 0.244 e. The second-order valence-electron chi connectivity index (χ2n) is 7.93. The fourth-order valence-corrected chi connectivity index (χ4v) is 3.31. The van der Waals surface area contributed by atoms with E-state index in [0.717, 1.165) is 22.2 Å². The molecule has 0 aliphatic rings. The molecule has 0 saturated carbocycles. The average Bonchev–Trinajstić information content (AvgIpc) is 3.45. The monoisotopic (exact) mass is 442 g/mol. The highest BCUT2D eigenvalue weighted by atomic mass is 16.3. The number of nitrogens with one attached hydrogen (secondary N) is 2. The Morgan fingerprint density at radius 2 is 1.76 bits per heavy atom. The fraction of sp³-hybridized carbons (Fsp3) is 0.192. The summed E-state index contributed by atoms with van der Waals surface area (Å²) in [6, 6.07) is 19.5. The van der Waals surface area contributed by atoms with E-state index in [2.05, 4.69) is 10.6 Å². The summed E-state index contributed by atoms with van der Waals surface area (Å²) in [5.41, 5.74) is 3.07. The molecule has 2 N–H and O–H groups in total. The molecule has 4 rings (SSSR count). The fourth-order valence-electron chi connectivity index (χ4n) is 3.31. The summed E-state index contributed by atoms with van der Waals surface area (Å²) in [6.07, 6.45) is 5.05. The van der Waals surface area contributed by atoms with Crippen LogP contribution in [0.15, 0.2) is 77.4 Å². The van der Waals surface area contributed by atoms with E-state index in [0.29, 0.717) is 24.5 Å². The lowest BCUT2D eigenvalue weighted by Crippen LogP contribution is -2.35. The Kier molecular flexibility index (Phi) is 6.69. The second-order valence-corrected chi connectivity index (χ2v) is 7.93. The van der Waals surface area contributed by atoms with Crippen LogP contribution in [0.2, 0.25) is 0 Å². The van der Waals surface area contributed by atoms with E-state index >= 15 is 0 Å². The van der Waals surface area contributed by atoms with Crippen molar-refractivity contribution in [2.75, 3.05) is 13.1 Å². The molecule has 0 radical (unpaired) electrons. The zero-order valence-electron chi connectivity index (χ0n) is 18.6. The quantitative estimate of drug-likeness (QED) is 0.316. The number of aromatic nitrogens is 2. The lowest BCUT2D eigenvalue weighted by molar-refractivity contribution is -0.124. The van der Waals surface area contributed by atoms with Gasteiger partial charge in [-0.1, -0.05) is 50.2 Å². The Hall–Kier alpha value is -4.13. The molecule has 0 unspecified atom stereocenters. The Labute approximate surface area is 192 Å². The molecule has 7 heteroatoms. The molecule has 2 amide bonds. The van der Waals surface area contributed by atoms with E-state index in [-0.39, 0.29) is 17.7 Å². The number of hydrogen-bond acceptors (Lipinski definition) is 4. The first-order valence-electron chi connectivity index (χ1n) is 10.9. The molecule has 0 spiro atoms. The van der Waals surface area contributed by atoms with Gasteiger partial charge in [0.1, 0.15) is 11.3 Å². The molecule has 0 atom stereocenters. The topological polar surface area (TPSA) is 89.2 Å². The minimum Gasteiger partial charge on any atom is -0.454 e. The van der Waals surface area contributed by atoms with Gasteiger partial charge in [0.25, 0.3) is 0 Å². The van der Waals surface area contributed by atoms with Gasteiger partial charge in [-0.2, -0.15) is 5.10 Å². The Bertz CT molecular complexity index is 1250. The van der Waals surface area contributed by atoms with Crippen molar-refractivity contribution in [3.05, 3.63) is 78.5 Å². The highest BCUT2D eigenvalue weighted by Gasteiger charge is 2.15. The van der Waals surface area contributed by atoms with Crippen molar-refractivity contribution >= 4 is 28.9 Å². The molecule has 2 heterocycles. The van der Waals surface area contributed by atoms with Gasteiger partial charge < -0.3 is 15.1 Å². The van der Waals surface area contributed by atoms with Gasteiger partial charge in [0.05, 0.1) is 5.69 Å². The Morgan fingerprint density at radius 3 is 2.52 bits per heavy atom. The van der Waals surface area contributed by atoms with Crippen LogP contribution < -0.4 is 10.6 Å². The van der Waals surface area contributed by atoms with Crippen LogP contribution in [0.1, 0.15) is 19.4 Å². The summed E-state index contributed by atoms with van der Waals surface area (Å²) < 4.78 is 7.79. The number of fused-ring (bicyclic) bond motifs is 1. The van der Waals surface area contributed by atoms with E-state index < -0.39 is 0 Å². The summed E-state index contributed by atoms with van der Waals surface area (Å²) in [7, 11) is 0. The predicted molar refractivity (Wildman–Crippen MR) is 129 cm³/mol. The van der Waals surface area contributed by atoms with Gasteiger partial charge >= 0.3 is 0 Å². The average molecular weight is 443 g/mol. The minimum absolute atomic E-state index is 0.0383. The number of hydrogen-bond donors (Lipinski definition) is 2. The maximum Gasteiger partial charge on any atom is 0.244 e. The molecule has 2 aromatic heterocycles. The van der Waals surface area contributed by atoms with Crippen LogP contribution in [0.25, 0.3) is 34.2 Å². The van der Waals surface area contributed by atoms with Crippen molar-refractivity contribution in [2.45, 2.75) is 13.8 Å². The molecule has 0 aliphatic heterocycles. The summed E-state index contributed by atoms with van der Waals surface area (Å²) in [4.78, 5) is 23.9. The third-order valence-electron chi connectivity index (χ3n) is 5.08. The molecule has 0 saturated heterocycles. The Morgan fingerprint density at radius 1 is 1.03 bits per heavy atom. The maximum absolute atomic E-state index is 12.3. The largest absolute Gasteiger partial charge is 0.454 e. The van der Waals surface area contributed by atoms with Crippen LogP contribution in [0.3, 0.4) is 0 Å². The predicted octanol–water partition coefficient (Wildman–Crippen LogP) is 4.19. The lowest BCUT2D eigenvalue weighted by Gasteiger charge is -2.07. The van der Waals surface area contributed by atoms with E-state index in [9.17, 15) is 9.59 Å². The number of rotatable bonds is 8. The standard InChI is InChI=1S/C26H26N4O3/c1-18(2)26(32)28-15-14-27-24(31)13-12-20-17-30(21-9-4-3-5-10-21)29-25(20)23-16-19-8-6-7-11-22(19)33-23/h3-13,16-18H,14-15H2,1-2H3,(H,27,31)(H,28,32). The van der Waals surface area contributed by atoms with Crippen molar-refractivity contribution in [3.8, 4) is 17.1 Å². The van der Waals surface area contributed by atoms with Crippen LogP contribution in [-0.2, 0) is 9.59 Å². The highest BCUT2D eigenvalue weighted by molar-refractivity contribution is 5.93. The van der Waals surface area contributed by atoms with Crippen LogP contribution in [0.5, 0.6) is 0 Å². The van der Waals surface area contributed by atoms with Crippen LogP contribution in [0, 0.1) is 5.92 Å². The van der Waals surface area contributed by atoms with Crippen LogP contribution in [0.4, 0.5) is 0 Å². The van der Waals surface area contributed by atoms with E-state index in [1.54, 1.807) is 10.8 Å². The molecule has 33 heavy (non-hydrogen) atoms. The van der Waals surface area contributed by atoms with Crippen molar-refractivity contribution in [2.24, 2.45) is 5.92 Å². The van der Waals surface area contributed by atoms with Gasteiger partial charge in [-0.15, -0.1) is 0 Å². The Balaban J connectivity index is 1.54.